The van der Waals surface area contributed by atoms with Gasteiger partial charge in [0.15, 0.2) is 0 Å². The zero-order valence-electron chi connectivity index (χ0n) is 11.9. The third-order valence-electron chi connectivity index (χ3n) is 3.26. The Morgan fingerprint density at radius 3 is 2.68 bits per heavy atom. The molecule has 0 radical (unpaired) electrons. The van der Waals surface area contributed by atoms with Crippen molar-refractivity contribution in [2.75, 3.05) is 26.2 Å². The maximum atomic E-state index is 11.9. The Bertz CT molecular complexity index is 602. The lowest BCUT2D eigenvalue weighted by molar-refractivity contribution is -0.119. The van der Waals surface area contributed by atoms with Crippen LogP contribution in [-0.4, -0.2) is 38.0 Å². The van der Waals surface area contributed by atoms with E-state index in [1.165, 1.54) is 11.6 Å². The Balaban J connectivity index is 1.76. The first-order chi connectivity index (χ1) is 10.6. The fourth-order valence-electron chi connectivity index (χ4n) is 2.00. The van der Waals surface area contributed by atoms with Crippen molar-refractivity contribution in [2.24, 2.45) is 0 Å². The fourth-order valence-corrected chi connectivity index (χ4v) is 2.30. The highest BCUT2D eigenvalue weighted by Crippen LogP contribution is 2.22. The summed E-state index contributed by atoms with van der Waals surface area (Å²) in [5.74, 6) is -0.595. The maximum absolute atomic E-state index is 11.9. The van der Waals surface area contributed by atoms with Gasteiger partial charge in [-0.1, -0.05) is 34.9 Å². The summed E-state index contributed by atoms with van der Waals surface area (Å²) in [6.07, 6.45) is 2.99. The van der Waals surface area contributed by atoms with Crippen LogP contribution in [0.15, 0.2) is 29.8 Å². The number of hydrogen-bond acceptors (Lipinski definition) is 3. The van der Waals surface area contributed by atoms with Crippen LogP contribution < -0.4 is 16.0 Å². The molecule has 0 aliphatic carbocycles. The first-order valence-corrected chi connectivity index (χ1v) is 7.70. The summed E-state index contributed by atoms with van der Waals surface area (Å²) in [6, 6.07) is 4.57. The lowest BCUT2D eigenvalue weighted by Gasteiger charge is -2.14. The number of carbonyl (C=O) groups is 2. The molecule has 1 aromatic rings. The molecule has 1 heterocycles. The van der Waals surface area contributed by atoms with Gasteiger partial charge in [-0.25, -0.2) is 0 Å². The normalized spacial score (nSPS) is 14.2. The van der Waals surface area contributed by atoms with Gasteiger partial charge < -0.3 is 16.0 Å². The van der Waals surface area contributed by atoms with E-state index in [2.05, 4.69) is 22.0 Å². The summed E-state index contributed by atoms with van der Waals surface area (Å²) < 4.78 is 0. The van der Waals surface area contributed by atoms with Gasteiger partial charge in [-0.2, -0.15) is 0 Å². The standard InChI is InChI=1S/C15H17Cl2N3O2/c16-12-2-1-11(7-13(12)17)15(22)20-9-14(21)19-8-10-3-5-18-6-4-10/h1-3,7,18H,4-6,8-9H2,(H,19,21)(H,20,22). The van der Waals surface area contributed by atoms with Crippen molar-refractivity contribution in [3.8, 4) is 0 Å². The molecule has 2 rings (SSSR count). The summed E-state index contributed by atoms with van der Waals surface area (Å²) in [4.78, 5) is 23.6. The molecule has 2 amide bonds. The van der Waals surface area contributed by atoms with E-state index in [0.29, 0.717) is 22.2 Å². The molecule has 1 aromatic carbocycles. The number of amides is 2. The van der Waals surface area contributed by atoms with Crippen molar-refractivity contribution in [2.45, 2.75) is 6.42 Å². The fraction of sp³-hybridized carbons (Fsp3) is 0.333. The first-order valence-electron chi connectivity index (χ1n) is 6.95. The van der Waals surface area contributed by atoms with Crippen LogP contribution >= 0.6 is 23.2 Å². The number of nitrogens with one attached hydrogen (secondary N) is 3. The van der Waals surface area contributed by atoms with Gasteiger partial charge in [-0.3, -0.25) is 9.59 Å². The summed E-state index contributed by atoms with van der Waals surface area (Å²) >= 11 is 11.6. The zero-order chi connectivity index (χ0) is 15.9. The average molecular weight is 342 g/mol. The van der Waals surface area contributed by atoms with Crippen molar-refractivity contribution in [3.05, 3.63) is 45.5 Å². The Morgan fingerprint density at radius 1 is 1.18 bits per heavy atom. The second kappa shape index (κ2) is 8.17. The van der Waals surface area contributed by atoms with Gasteiger partial charge in [0.1, 0.15) is 0 Å². The van der Waals surface area contributed by atoms with Crippen molar-refractivity contribution >= 4 is 35.0 Å². The summed E-state index contributed by atoms with van der Waals surface area (Å²) in [7, 11) is 0. The summed E-state index contributed by atoms with van der Waals surface area (Å²) in [6.45, 7) is 2.20. The monoisotopic (exact) mass is 341 g/mol. The van der Waals surface area contributed by atoms with E-state index < -0.39 is 0 Å². The van der Waals surface area contributed by atoms with Gasteiger partial charge in [0.25, 0.3) is 5.91 Å². The number of rotatable bonds is 5. The van der Waals surface area contributed by atoms with Gasteiger partial charge in [0.05, 0.1) is 16.6 Å². The van der Waals surface area contributed by atoms with Crippen LogP contribution in [0, 0.1) is 0 Å². The van der Waals surface area contributed by atoms with Gasteiger partial charge >= 0.3 is 0 Å². The predicted octanol–water partition coefficient (Wildman–Crippen LogP) is 1.76. The minimum absolute atomic E-state index is 0.0788. The average Bonchev–Trinajstić information content (AvgIpc) is 2.54. The number of hydrogen-bond donors (Lipinski definition) is 3. The van der Waals surface area contributed by atoms with Crippen molar-refractivity contribution in [3.63, 3.8) is 0 Å². The highest BCUT2D eigenvalue weighted by atomic mass is 35.5. The third-order valence-corrected chi connectivity index (χ3v) is 4.00. The maximum Gasteiger partial charge on any atom is 0.251 e. The smallest absolute Gasteiger partial charge is 0.251 e. The summed E-state index contributed by atoms with van der Waals surface area (Å²) in [5.41, 5.74) is 1.56. The summed E-state index contributed by atoms with van der Waals surface area (Å²) in [5, 5.41) is 9.22. The largest absolute Gasteiger partial charge is 0.351 e. The molecule has 3 N–H and O–H groups in total. The van der Waals surface area contributed by atoms with Crippen LogP contribution in [0.25, 0.3) is 0 Å². The lowest BCUT2D eigenvalue weighted by atomic mass is 10.1. The number of halogens is 2. The Hall–Kier alpha value is -1.56. The molecular weight excluding hydrogens is 325 g/mol. The minimum atomic E-state index is -0.366. The molecule has 0 atom stereocenters. The zero-order valence-corrected chi connectivity index (χ0v) is 13.4. The first kappa shape index (κ1) is 16.8. The second-order valence-corrected chi connectivity index (χ2v) is 5.72. The molecule has 0 aromatic heterocycles. The predicted molar refractivity (Wildman–Crippen MR) is 87.4 cm³/mol. The highest BCUT2D eigenvalue weighted by Gasteiger charge is 2.10. The van der Waals surface area contributed by atoms with E-state index >= 15 is 0 Å². The van der Waals surface area contributed by atoms with Crippen LogP contribution in [0.4, 0.5) is 0 Å². The van der Waals surface area contributed by atoms with E-state index in [1.54, 1.807) is 12.1 Å². The van der Waals surface area contributed by atoms with Gasteiger partial charge in [0.2, 0.25) is 5.91 Å². The molecular formula is C15H17Cl2N3O2. The quantitative estimate of drug-likeness (QED) is 0.714. The van der Waals surface area contributed by atoms with Crippen LogP contribution in [0.1, 0.15) is 16.8 Å². The molecule has 0 fully saturated rings. The molecule has 0 spiro atoms. The van der Waals surface area contributed by atoms with E-state index in [0.717, 1.165) is 19.5 Å². The molecule has 0 saturated heterocycles. The highest BCUT2D eigenvalue weighted by molar-refractivity contribution is 6.42. The SMILES string of the molecule is O=C(CNC(=O)c1ccc(Cl)c(Cl)c1)NCC1=CCNCC1. The van der Waals surface area contributed by atoms with Crippen molar-refractivity contribution in [1.82, 2.24) is 16.0 Å². The molecule has 1 aliphatic rings. The Morgan fingerprint density at radius 2 is 2.00 bits per heavy atom. The molecule has 7 heteroatoms. The van der Waals surface area contributed by atoms with E-state index in [4.69, 9.17) is 23.2 Å². The van der Waals surface area contributed by atoms with Crippen LogP contribution in [0.2, 0.25) is 10.0 Å². The van der Waals surface area contributed by atoms with Crippen molar-refractivity contribution < 1.29 is 9.59 Å². The Kier molecular flexibility index (Phi) is 6.24. The van der Waals surface area contributed by atoms with Crippen molar-refractivity contribution in [1.29, 1.82) is 0 Å². The van der Waals surface area contributed by atoms with E-state index in [-0.39, 0.29) is 18.4 Å². The second-order valence-electron chi connectivity index (χ2n) is 4.90. The van der Waals surface area contributed by atoms with Gasteiger partial charge in [0, 0.05) is 18.7 Å². The Labute approximate surface area is 139 Å². The van der Waals surface area contributed by atoms with E-state index in [1.807, 2.05) is 0 Å². The lowest BCUT2D eigenvalue weighted by Crippen LogP contribution is -2.38. The molecule has 0 bridgehead atoms. The molecule has 0 unspecified atom stereocenters. The topological polar surface area (TPSA) is 70.2 Å². The van der Waals surface area contributed by atoms with Crippen LogP contribution in [0.3, 0.4) is 0 Å². The van der Waals surface area contributed by atoms with Gasteiger partial charge in [-0.15, -0.1) is 0 Å². The van der Waals surface area contributed by atoms with Gasteiger partial charge in [-0.05, 0) is 31.2 Å². The third kappa shape index (κ3) is 5.02. The van der Waals surface area contributed by atoms with Crippen LogP contribution in [0.5, 0.6) is 0 Å². The number of benzene rings is 1. The molecule has 118 valence electrons. The van der Waals surface area contributed by atoms with Crippen LogP contribution in [-0.2, 0) is 4.79 Å². The molecule has 1 aliphatic heterocycles. The van der Waals surface area contributed by atoms with E-state index in [9.17, 15) is 9.59 Å². The minimum Gasteiger partial charge on any atom is -0.351 e. The molecule has 5 nitrogen and oxygen atoms in total. The number of carbonyl (C=O) groups excluding carboxylic acids is 2. The molecule has 0 saturated carbocycles. The molecule has 22 heavy (non-hydrogen) atoms.